The van der Waals surface area contributed by atoms with Crippen LogP contribution in [0.25, 0.3) is 0 Å². The lowest BCUT2D eigenvalue weighted by Crippen LogP contribution is -2.64. The normalized spacial score (nSPS) is 25.6. The molecule has 1 aliphatic heterocycles. The summed E-state index contributed by atoms with van der Waals surface area (Å²) in [4.78, 5) is 58.7. The first-order valence-electron chi connectivity index (χ1n) is 8.06. The number of hydrogen-bond donors (Lipinski definition) is 0. The van der Waals surface area contributed by atoms with E-state index in [2.05, 4.69) is 11.3 Å². The number of ether oxygens (including phenoxy) is 6. The smallest absolute Gasteiger partial charge is 0.350 e. The van der Waals surface area contributed by atoms with Gasteiger partial charge in [-0.3, -0.25) is 14.4 Å². The predicted molar refractivity (Wildman–Crippen MR) is 88.2 cm³/mol. The molecule has 29 heavy (non-hydrogen) atoms. The van der Waals surface area contributed by atoms with Crippen LogP contribution in [0.1, 0.15) is 20.8 Å². The van der Waals surface area contributed by atoms with Gasteiger partial charge < -0.3 is 28.4 Å². The Hall–Kier alpha value is -3.46. The lowest BCUT2D eigenvalue weighted by molar-refractivity contribution is -0.293. The molecule has 158 valence electrons. The molecule has 0 N–H and O–H groups in total. The summed E-state index contributed by atoms with van der Waals surface area (Å²) in [5, 5.41) is 8.76. The summed E-state index contributed by atoms with van der Waals surface area (Å²) in [6.45, 7) is 6.20. The fraction of sp³-hybridized carbons (Fsp3) is 0.529. The van der Waals surface area contributed by atoms with E-state index in [-0.39, 0.29) is 0 Å². The summed E-state index contributed by atoms with van der Waals surface area (Å²) in [5.41, 5.74) is -0.615. The van der Waals surface area contributed by atoms with Gasteiger partial charge in [-0.15, -0.1) is 0 Å². The minimum atomic E-state index is -1.82. The first-order chi connectivity index (χ1) is 13.5. The number of esters is 5. The fourth-order valence-corrected chi connectivity index (χ4v) is 2.40. The van der Waals surface area contributed by atoms with Crippen LogP contribution in [0.5, 0.6) is 0 Å². The zero-order valence-corrected chi connectivity index (χ0v) is 16.0. The second-order valence-electron chi connectivity index (χ2n) is 5.67. The number of nitrogens with zero attached hydrogens (tertiary/aromatic N) is 1. The highest BCUT2D eigenvalue weighted by atomic mass is 16.7. The average molecular weight is 413 g/mol. The van der Waals surface area contributed by atoms with Crippen LogP contribution in [0, 0.1) is 11.3 Å². The molecule has 0 saturated carbocycles. The van der Waals surface area contributed by atoms with Crippen molar-refractivity contribution in [1.82, 2.24) is 0 Å². The van der Waals surface area contributed by atoms with Crippen LogP contribution >= 0.6 is 0 Å². The Morgan fingerprint density at radius 2 is 1.34 bits per heavy atom. The highest BCUT2D eigenvalue weighted by Gasteiger charge is 2.56. The van der Waals surface area contributed by atoms with E-state index in [1.807, 2.05) is 0 Å². The van der Waals surface area contributed by atoms with E-state index in [9.17, 15) is 24.0 Å². The standard InChI is InChI=1S/C17H19NO11/c1-7(6-18)15(22)29-17-14(27-10(4)21)12(26-9(3)20)11(25-8(2)19)13(28-17)16(23)24-5/h11-14,17H,1H2,2-5H3/t11-,12-,13-,14+,17?/m0/s1. The van der Waals surface area contributed by atoms with Gasteiger partial charge in [0, 0.05) is 20.8 Å². The van der Waals surface area contributed by atoms with E-state index in [4.69, 9.17) is 28.9 Å². The first-order valence-corrected chi connectivity index (χ1v) is 8.06. The Kier molecular flexibility index (Phi) is 8.28. The zero-order valence-electron chi connectivity index (χ0n) is 16.0. The van der Waals surface area contributed by atoms with E-state index in [0.717, 1.165) is 27.9 Å². The van der Waals surface area contributed by atoms with Crippen LogP contribution < -0.4 is 0 Å². The maximum Gasteiger partial charge on any atom is 0.350 e. The molecule has 0 aromatic heterocycles. The topological polar surface area (TPSA) is 165 Å². The molecule has 5 atom stereocenters. The summed E-state index contributed by atoms with van der Waals surface area (Å²) in [6, 6.07) is 1.45. The Bertz CT molecular complexity index is 753. The second-order valence-corrected chi connectivity index (χ2v) is 5.67. The zero-order chi connectivity index (χ0) is 22.3. The van der Waals surface area contributed by atoms with E-state index < -0.39 is 66.1 Å². The van der Waals surface area contributed by atoms with Crippen LogP contribution in [-0.4, -0.2) is 67.7 Å². The van der Waals surface area contributed by atoms with Crippen molar-refractivity contribution in [2.24, 2.45) is 0 Å². The van der Waals surface area contributed by atoms with Gasteiger partial charge in [-0.1, -0.05) is 6.58 Å². The summed E-state index contributed by atoms with van der Waals surface area (Å²) in [6.07, 6.45) is -8.38. The quantitative estimate of drug-likeness (QED) is 0.233. The van der Waals surface area contributed by atoms with Crippen LogP contribution in [0.3, 0.4) is 0 Å². The average Bonchev–Trinajstić information content (AvgIpc) is 2.63. The van der Waals surface area contributed by atoms with Gasteiger partial charge in [0.05, 0.1) is 7.11 Å². The Balaban J connectivity index is 3.44. The van der Waals surface area contributed by atoms with Gasteiger partial charge in [0.2, 0.25) is 12.4 Å². The molecule has 1 fully saturated rings. The summed E-state index contributed by atoms with van der Waals surface area (Å²) >= 11 is 0. The van der Waals surface area contributed by atoms with Crippen LogP contribution in [0.2, 0.25) is 0 Å². The van der Waals surface area contributed by atoms with Crippen molar-refractivity contribution in [3.63, 3.8) is 0 Å². The number of hydrogen-bond acceptors (Lipinski definition) is 12. The molecular formula is C17H19NO11. The van der Waals surface area contributed by atoms with Crippen LogP contribution in [0.15, 0.2) is 12.2 Å². The van der Waals surface area contributed by atoms with Crippen molar-refractivity contribution in [2.75, 3.05) is 7.11 Å². The molecule has 0 aliphatic carbocycles. The third kappa shape index (κ3) is 6.28. The van der Waals surface area contributed by atoms with Gasteiger partial charge in [-0.05, 0) is 0 Å². The molecule has 1 rings (SSSR count). The number of methoxy groups -OCH3 is 1. The van der Waals surface area contributed by atoms with E-state index in [1.165, 1.54) is 6.07 Å². The SMILES string of the molecule is C=C(C#N)C(=O)OC1O[C@H](C(=O)OC)[C@@H](OC(C)=O)[C@H](OC(C)=O)[C@H]1OC(C)=O. The van der Waals surface area contributed by atoms with Crippen LogP contribution in [0.4, 0.5) is 0 Å². The van der Waals surface area contributed by atoms with Crippen molar-refractivity contribution >= 4 is 29.8 Å². The minimum absolute atomic E-state index is 0.615. The van der Waals surface area contributed by atoms with Gasteiger partial charge in [0.25, 0.3) is 0 Å². The van der Waals surface area contributed by atoms with Crippen molar-refractivity contribution in [3.05, 3.63) is 12.2 Å². The van der Waals surface area contributed by atoms with Crippen molar-refractivity contribution < 1.29 is 52.4 Å². The first kappa shape index (κ1) is 23.6. The van der Waals surface area contributed by atoms with Crippen LogP contribution in [-0.2, 0) is 52.4 Å². The predicted octanol–water partition coefficient (Wildman–Crippen LogP) is -0.698. The fourth-order valence-electron chi connectivity index (χ4n) is 2.40. The van der Waals surface area contributed by atoms with Gasteiger partial charge in [0.15, 0.2) is 18.3 Å². The monoisotopic (exact) mass is 413 g/mol. The Morgan fingerprint density at radius 3 is 1.79 bits per heavy atom. The highest BCUT2D eigenvalue weighted by Crippen LogP contribution is 2.30. The van der Waals surface area contributed by atoms with Gasteiger partial charge >= 0.3 is 29.8 Å². The lowest BCUT2D eigenvalue weighted by Gasteiger charge is -2.42. The van der Waals surface area contributed by atoms with Gasteiger partial charge in [-0.2, -0.15) is 5.26 Å². The maximum atomic E-state index is 12.1. The Labute approximate surface area is 165 Å². The molecular weight excluding hydrogens is 394 g/mol. The molecule has 0 aromatic carbocycles. The number of rotatable bonds is 6. The molecule has 1 unspecified atom stereocenters. The van der Waals surface area contributed by atoms with E-state index in [0.29, 0.717) is 0 Å². The molecule has 0 spiro atoms. The third-order valence-corrected chi connectivity index (χ3v) is 3.44. The molecule has 0 aromatic rings. The highest BCUT2D eigenvalue weighted by molar-refractivity contribution is 5.92. The number of carbonyl (C=O) groups excluding carboxylic acids is 5. The number of nitriles is 1. The van der Waals surface area contributed by atoms with E-state index >= 15 is 0 Å². The largest absolute Gasteiger partial charge is 0.467 e. The molecule has 0 amide bonds. The molecule has 0 bridgehead atoms. The minimum Gasteiger partial charge on any atom is -0.467 e. The molecule has 1 heterocycles. The van der Waals surface area contributed by atoms with Crippen molar-refractivity contribution in [3.8, 4) is 6.07 Å². The Morgan fingerprint density at radius 1 is 0.862 bits per heavy atom. The van der Waals surface area contributed by atoms with Gasteiger partial charge in [0.1, 0.15) is 11.6 Å². The van der Waals surface area contributed by atoms with Crippen molar-refractivity contribution in [1.29, 1.82) is 5.26 Å². The molecule has 12 heteroatoms. The summed E-state index contributed by atoms with van der Waals surface area (Å²) in [7, 11) is 1.01. The molecule has 1 saturated heterocycles. The molecule has 0 radical (unpaired) electrons. The third-order valence-electron chi connectivity index (χ3n) is 3.44. The summed E-state index contributed by atoms with van der Waals surface area (Å²) < 4.78 is 30.0. The van der Waals surface area contributed by atoms with E-state index in [1.54, 1.807) is 0 Å². The molecule has 12 nitrogen and oxygen atoms in total. The maximum absolute atomic E-state index is 12.1. The van der Waals surface area contributed by atoms with Crippen molar-refractivity contribution in [2.45, 2.75) is 51.5 Å². The number of carbonyl (C=O) groups is 5. The van der Waals surface area contributed by atoms with Gasteiger partial charge in [-0.25, -0.2) is 9.59 Å². The summed E-state index contributed by atoms with van der Waals surface area (Å²) in [5.74, 6) is -4.96. The lowest BCUT2D eigenvalue weighted by atomic mass is 9.97. The molecule has 1 aliphatic rings. The second kappa shape index (κ2) is 10.2.